The second-order valence-corrected chi connectivity index (χ2v) is 8.56. The lowest BCUT2D eigenvalue weighted by molar-refractivity contribution is -0.141. The van der Waals surface area contributed by atoms with E-state index in [0.717, 1.165) is 51.4 Å². The van der Waals surface area contributed by atoms with Crippen LogP contribution >= 0.6 is 0 Å². The maximum absolute atomic E-state index is 12.7. The third-order valence-electron chi connectivity index (χ3n) is 6.78. The Kier molecular flexibility index (Phi) is 5.48. The first kappa shape index (κ1) is 18.8. The minimum atomic E-state index is -0.273. The van der Waals surface area contributed by atoms with Crippen molar-refractivity contribution >= 4 is 5.91 Å². The van der Waals surface area contributed by atoms with E-state index in [4.69, 9.17) is 4.74 Å². The highest BCUT2D eigenvalue weighted by Crippen LogP contribution is 2.45. The Hall–Kier alpha value is -1.50. The van der Waals surface area contributed by atoms with Gasteiger partial charge in [-0.25, -0.2) is 0 Å². The summed E-state index contributed by atoms with van der Waals surface area (Å²) in [5, 5.41) is 9.52. The van der Waals surface area contributed by atoms with Gasteiger partial charge in [0, 0.05) is 49.6 Å². The number of rotatable bonds is 6. The summed E-state index contributed by atoms with van der Waals surface area (Å²) < 4.78 is 6.05. The molecule has 0 aromatic carbocycles. The fraction of sp³-hybridized carbons (Fsp3) is 0.714. The molecule has 3 fully saturated rings. The number of ether oxygens (including phenoxy) is 1. The van der Waals surface area contributed by atoms with E-state index in [0.29, 0.717) is 25.4 Å². The van der Waals surface area contributed by atoms with E-state index in [2.05, 4.69) is 21.7 Å². The molecule has 2 aliphatic heterocycles. The highest BCUT2D eigenvalue weighted by atomic mass is 16.5. The van der Waals surface area contributed by atoms with Crippen molar-refractivity contribution in [3.05, 3.63) is 30.1 Å². The predicted octanol–water partition coefficient (Wildman–Crippen LogP) is 1.54. The Bertz CT molecular complexity index is 649. The third kappa shape index (κ3) is 3.89. The number of carbonyl (C=O) groups is 1. The Morgan fingerprint density at radius 1 is 1.37 bits per heavy atom. The Morgan fingerprint density at radius 2 is 2.22 bits per heavy atom. The van der Waals surface area contributed by atoms with Gasteiger partial charge in [-0.3, -0.25) is 9.78 Å². The van der Waals surface area contributed by atoms with Gasteiger partial charge in [0.15, 0.2) is 0 Å². The monoisotopic (exact) mass is 373 g/mol. The summed E-state index contributed by atoms with van der Waals surface area (Å²) in [6.45, 7) is 8.30. The first-order chi connectivity index (χ1) is 13.1. The average Bonchev–Trinajstić information content (AvgIpc) is 3.24. The summed E-state index contributed by atoms with van der Waals surface area (Å²) in [7, 11) is 0. The Morgan fingerprint density at radius 3 is 2.93 bits per heavy atom. The molecule has 148 valence electrons. The molecule has 4 rings (SSSR count). The summed E-state index contributed by atoms with van der Waals surface area (Å²) in [6, 6.07) is 5.89. The zero-order valence-electron chi connectivity index (χ0n) is 16.2. The highest BCUT2D eigenvalue weighted by Gasteiger charge is 2.52. The summed E-state index contributed by atoms with van der Waals surface area (Å²) >= 11 is 0. The molecule has 1 aliphatic carbocycles. The molecule has 0 radical (unpaired) electrons. The fourth-order valence-corrected chi connectivity index (χ4v) is 5.00. The highest BCUT2D eigenvalue weighted by molar-refractivity contribution is 5.80. The Labute approximate surface area is 161 Å². The van der Waals surface area contributed by atoms with Gasteiger partial charge in [-0.05, 0) is 37.9 Å². The number of aromatic nitrogens is 1. The van der Waals surface area contributed by atoms with E-state index < -0.39 is 0 Å². The molecule has 2 atom stereocenters. The van der Waals surface area contributed by atoms with Crippen molar-refractivity contribution < 1.29 is 14.6 Å². The van der Waals surface area contributed by atoms with E-state index in [1.165, 1.54) is 0 Å². The first-order valence-corrected chi connectivity index (χ1v) is 10.3. The van der Waals surface area contributed by atoms with Gasteiger partial charge in [-0.2, -0.15) is 0 Å². The smallest absolute Gasteiger partial charge is 0.225 e. The zero-order chi connectivity index (χ0) is 18.9. The summed E-state index contributed by atoms with van der Waals surface area (Å²) in [5.74, 6) is 0.740. The van der Waals surface area contributed by atoms with Gasteiger partial charge in [-0.15, -0.1) is 0 Å². The molecule has 1 aromatic rings. The largest absolute Gasteiger partial charge is 0.393 e. The van der Waals surface area contributed by atoms with Gasteiger partial charge in [0.05, 0.1) is 25.0 Å². The van der Waals surface area contributed by atoms with Gasteiger partial charge >= 0.3 is 0 Å². The number of carbonyl (C=O) groups excluding carboxylic acids is 1. The van der Waals surface area contributed by atoms with E-state index in [9.17, 15) is 9.90 Å². The second kappa shape index (κ2) is 7.86. The number of hydrogen-bond donors (Lipinski definition) is 1. The van der Waals surface area contributed by atoms with Crippen molar-refractivity contribution in [2.45, 2.75) is 38.9 Å². The van der Waals surface area contributed by atoms with Gasteiger partial charge in [0.25, 0.3) is 0 Å². The molecule has 1 N–H and O–H groups in total. The maximum Gasteiger partial charge on any atom is 0.225 e. The molecule has 3 heterocycles. The number of pyridine rings is 1. The van der Waals surface area contributed by atoms with Gasteiger partial charge in [0.2, 0.25) is 5.91 Å². The predicted molar refractivity (Wildman–Crippen MR) is 102 cm³/mol. The first-order valence-electron chi connectivity index (χ1n) is 10.3. The summed E-state index contributed by atoms with van der Waals surface area (Å²) in [4.78, 5) is 21.6. The molecule has 1 spiro atoms. The molecule has 2 saturated heterocycles. The standard InChI is InChI=1S/C21H31N3O3/c1-2-23-11-17(12-27-13-18-5-3-4-7-22-18)21(14-23)6-8-24(15-21)20(26)16-9-19(25)10-16/h3-5,7,16-17,19,25H,2,6,8-15H2,1H3/t16?,17-,19?,21-/m1/s1. The molecular formula is C21H31N3O3. The van der Waals surface area contributed by atoms with Crippen LogP contribution in [0.25, 0.3) is 0 Å². The second-order valence-electron chi connectivity index (χ2n) is 8.56. The molecule has 1 amide bonds. The molecule has 1 aromatic heterocycles. The van der Waals surface area contributed by atoms with Crippen LogP contribution < -0.4 is 0 Å². The minimum Gasteiger partial charge on any atom is -0.393 e. The number of amides is 1. The lowest BCUT2D eigenvalue weighted by Gasteiger charge is -2.35. The third-order valence-corrected chi connectivity index (χ3v) is 6.78. The lowest BCUT2D eigenvalue weighted by atomic mass is 9.77. The summed E-state index contributed by atoms with van der Waals surface area (Å²) in [5.41, 5.74) is 1.11. The molecule has 0 unspecified atom stereocenters. The van der Waals surface area contributed by atoms with Crippen molar-refractivity contribution in [1.29, 1.82) is 0 Å². The minimum absolute atomic E-state index is 0.0395. The average molecular weight is 373 g/mol. The van der Waals surface area contributed by atoms with Crippen molar-refractivity contribution in [2.24, 2.45) is 17.3 Å². The van der Waals surface area contributed by atoms with Crippen LogP contribution in [0, 0.1) is 17.3 Å². The number of likely N-dealkylation sites (tertiary alicyclic amines) is 2. The van der Waals surface area contributed by atoms with Gasteiger partial charge in [-0.1, -0.05) is 13.0 Å². The SMILES string of the molecule is CCN1C[C@H](COCc2ccccn2)[C@]2(CCN(C(=O)C3CC(O)C3)C2)C1. The molecule has 3 aliphatic rings. The van der Waals surface area contributed by atoms with Gasteiger partial charge < -0.3 is 19.6 Å². The topological polar surface area (TPSA) is 65.9 Å². The van der Waals surface area contributed by atoms with E-state index >= 15 is 0 Å². The fourth-order valence-electron chi connectivity index (χ4n) is 5.00. The van der Waals surface area contributed by atoms with E-state index in [1.54, 1.807) is 6.20 Å². The quantitative estimate of drug-likeness (QED) is 0.819. The normalized spacial score (nSPS) is 33.6. The van der Waals surface area contributed by atoms with E-state index in [1.807, 2.05) is 18.2 Å². The summed E-state index contributed by atoms with van der Waals surface area (Å²) in [6.07, 6.45) is 3.86. The van der Waals surface area contributed by atoms with Crippen LogP contribution in [0.2, 0.25) is 0 Å². The van der Waals surface area contributed by atoms with Crippen LogP contribution in [0.3, 0.4) is 0 Å². The Balaban J connectivity index is 1.36. The number of aliphatic hydroxyl groups excluding tert-OH is 1. The van der Waals surface area contributed by atoms with Crippen LogP contribution in [-0.4, -0.2) is 71.2 Å². The van der Waals surface area contributed by atoms with E-state index in [-0.39, 0.29) is 23.3 Å². The molecule has 1 saturated carbocycles. The van der Waals surface area contributed by atoms with Gasteiger partial charge in [0.1, 0.15) is 0 Å². The van der Waals surface area contributed by atoms with Crippen LogP contribution in [0.1, 0.15) is 31.9 Å². The zero-order valence-corrected chi connectivity index (χ0v) is 16.2. The van der Waals surface area contributed by atoms with Crippen molar-refractivity contribution in [1.82, 2.24) is 14.8 Å². The van der Waals surface area contributed by atoms with Crippen molar-refractivity contribution in [3.8, 4) is 0 Å². The number of aliphatic hydroxyl groups is 1. The maximum atomic E-state index is 12.7. The molecule has 6 nitrogen and oxygen atoms in total. The number of hydrogen-bond acceptors (Lipinski definition) is 5. The molecule has 0 bridgehead atoms. The molecule has 27 heavy (non-hydrogen) atoms. The molecular weight excluding hydrogens is 342 g/mol. The van der Waals surface area contributed by atoms with Crippen LogP contribution in [-0.2, 0) is 16.1 Å². The molecule has 6 heteroatoms. The number of nitrogens with zero attached hydrogens (tertiary/aromatic N) is 3. The lowest BCUT2D eigenvalue weighted by Crippen LogP contribution is -2.44. The van der Waals surface area contributed by atoms with Crippen molar-refractivity contribution in [3.63, 3.8) is 0 Å². The van der Waals surface area contributed by atoms with Crippen LogP contribution in [0.15, 0.2) is 24.4 Å². The van der Waals surface area contributed by atoms with Crippen LogP contribution in [0.4, 0.5) is 0 Å². The van der Waals surface area contributed by atoms with Crippen molar-refractivity contribution in [2.75, 3.05) is 39.3 Å². The van der Waals surface area contributed by atoms with Crippen LogP contribution in [0.5, 0.6) is 0 Å².